The van der Waals surface area contributed by atoms with Gasteiger partial charge in [0.2, 0.25) is 0 Å². The van der Waals surface area contributed by atoms with Gasteiger partial charge in [-0.3, -0.25) is 4.79 Å². The highest BCUT2D eigenvalue weighted by atomic mass is 16.5. The van der Waals surface area contributed by atoms with Crippen molar-refractivity contribution in [3.05, 3.63) is 89.0 Å². The minimum atomic E-state index is 0.0359. The number of fused-ring (bicyclic) bond motifs is 2. The lowest BCUT2D eigenvalue weighted by Gasteiger charge is -2.29. The molecule has 0 spiro atoms. The van der Waals surface area contributed by atoms with E-state index in [1.165, 1.54) is 11.1 Å². The van der Waals surface area contributed by atoms with E-state index < -0.39 is 0 Å². The number of hydrogen-bond acceptors (Lipinski definition) is 4. The molecule has 3 aromatic carbocycles. The fourth-order valence-electron chi connectivity index (χ4n) is 4.02. The number of ether oxygens (including phenoxy) is 1. The number of carbonyl (C=O) groups excluding carboxylic acids is 1. The van der Waals surface area contributed by atoms with E-state index in [1.54, 1.807) is 7.11 Å². The summed E-state index contributed by atoms with van der Waals surface area (Å²) in [4.78, 5) is 15.0. The van der Waals surface area contributed by atoms with Crippen LogP contribution in [0.15, 0.2) is 66.7 Å². The van der Waals surface area contributed by atoms with E-state index in [9.17, 15) is 4.79 Å². The Balaban J connectivity index is 1.37. The molecule has 1 aliphatic rings. The fourth-order valence-corrected chi connectivity index (χ4v) is 4.02. The summed E-state index contributed by atoms with van der Waals surface area (Å²) < 4.78 is 7.14. The molecule has 0 fully saturated rings. The van der Waals surface area contributed by atoms with Crippen molar-refractivity contribution in [2.75, 3.05) is 13.7 Å². The summed E-state index contributed by atoms with van der Waals surface area (Å²) in [6.45, 7) is 1.97. The highest BCUT2D eigenvalue weighted by Crippen LogP contribution is 2.22. The second-order valence-electron chi connectivity index (χ2n) is 7.55. The first-order valence-electron chi connectivity index (χ1n) is 10.0. The molecule has 1 amide bonds. The van der Waals surface area contributed by atoms with Gasteiger partial charge in [0.15, 0.2) is 0 Å². The fraction of sp³-hybridized carbons (Fsp3) is 0.208. The zero-order chi connectivity index (χ0) is 20.5. The maximum atomic E-state index is 13.1. The van der Waals surface area contributed by atoms with Gasteiger partial charge in [0.1, 0.15) is 11.3 Å². The van der Waals surface area contributed by atoms with Crippen molar-refractivity contribution in [2.24, 2.45) is 0 Å². The van der Waals surface area contributed by atoms with Crippen LogP contribution in [0.2, 0.25) is 0 Å². The minimum absolute atomic E-state index is 0.0359. The van der Waals surface area contributed by atoms with Crippen molar-refractivity contribution in [1.29, 1.82) is 0 Å². The van der Waals surface area contributed by atoms with Crippen molar-refractivity contribution in [3.63, 3.8) is 0 Å². The van der Waals surface area contributed by atoms with Gasteiger partial charge in [0, 0.05) is 18.7 Å². The molecule has 5 rings (SSSR count). The van der Waals surface area contributed by atoms with Crippen molar-refractivity contribution in [2.45, 2.75) is 19.5 Å². The van der Waals surface area contributed by atoms with Crippen LogP contribution in [-0.4, -0.2) is 39.5 Å². The van der Waals surface area contributed by atoms with Crippen LogP contribution < -0.4 is 4.74 Å². The molecular formula is C24H22N4O2. The second kappa shape index (κ2) is 7.63. The number of hydrogen-bond donors (Lipinski definition) is 0. The SMILES string of the molecule is COc1cccc(Cn2nnc3cc(C(=O)N4CCc5ccccc5C4)ccc32)c1. The van der Waals surface area contributed by atoms with Gasteiger partial charge in [0.25, 0.3) is 5.91 Å². The Hall–Kier alpha value is -3.67. The molecule has 1 aliphatic heterocycles. The first kappa shape index (κ1) is 18.4. The summed E-state index contributed by atoms with van der Waals surface area (Å²) in [5.41, 5.74) is 5.91. The van der Waals surface area contributed by atoms with Crippen molar-refractivity contribution >= 4 is 16.9 Å². The predicted octanol–water partition coefficient (Wildman–Crippen LogP) is 3.69. The number of nitrogens with zero attached hydrogens (tertiary/aromatic N) is 4. The van der Waals surface area contributed by atoms with Crippen LogP contribution in [-0.2, 0) is 19.5 Å². The number of benzene rings is 3. The van der Waals surface area contributed by atoms with Crippen molar-refractivity contribution in [1.82, 2.24) is 19.9 Å². The smallest absolute Gasteiger partial charge is 0.254 e. The van der Waals surface area contributed by atoms with Gasteiger partial charge >= 0.3 is 0 Å². The van der Waals surface area contributed by atoms with Gasteiger partial charge < -0.3 is 9.64 Å². The molecule has 2 heterocycles. The Labute approximate surface area is 174 Å². The van der Waals surface area contributed by atoms with E-state index in [2.05, 4.69) is 28.5 Å². The number of amides is 1. The van der Waals surface area contributed by atoms with Gasteiger partial charge in [-0.25, -0.2) is 4.68 Å². The first-order chi connectivity index (χ1) is 14.7. The average Bonchev–Trinajstić information content (AvgIpc) is 3.20. The average molecular weight is 398 g/mol. The lowest BCUT2D eigenvalue weighted by Crippen LogP contribution is -2.35. The van der Waals surface area contributed by atoms with Gasteiger partial charge in [0.05, 0.1) is 19.2 Å². The lowest BCUT2D eigenvalue weighted by molar-refractivity contribution is 0.0735. The van der Waals surface area contributed by atoms with Crippen LogP contribution in [0.3, 0.4) is 0 Å². The van der Waals surface area contributed by atoms with Crippen molar-refractivity contribution in [3.8, 4) is 5.75 Å². The van der Waals surface area contributed by atoms with Crippen LogP contribution >= 0.6 is 0 Å². The summed E-state index contributed by atoms with van der Waals surface area (Å²) in [5.74, 6) is 0.849. The van der Waals surface area contributed by atoms with Crippen LogP contribution in [0.1, 0.15) is 27.0 Å². The summed E-state index contributed by atoms with van der Waals surface area (Å²) >= 11 is 0. The monoisotopic (exact) mass is 398 g/mol. The van der Waals surface area contributed by atoms with Crippen LogP contribution in [0.5, 0.6) is 5.75 Å². The molecule has 0 saturated carbocycles. The Morgan fingerprint density at radius 3 is 2.77 bits per heavy atom. The molecule has 6 nitrogen and oxygen atoms in total. The van der Waals surface area contributed by atoms with Crippen LogP contribution in [0.25, 0.3) is 11.0 Å². The molecule has 0 atom stereocenters. The zero-order valence-electron chi connectivity index (χ0n) is 16.8. The van der Waals surface area contributed by atoms with Gasteiger partial charge in [-0.15, -0.1) is 5.10 Å². The number of carbonyl (C=O) groups is 1. The van der Waals surface area contributed by atoms with Gasteiger partial charge in [-0.05, 0) is 53.4 Å². The lowest BCUT2D eigenvalue weighted by atomic mass is 9.99. The molecule has 6 heteroatoms. The van der Waals surface area contributed by atoms with Crippen LogP contribution in [0.4, 0.5) is 0 Å². The summed E-state index contributed by atoms with van der Waals surface area (Å²) in [7, 11) is 1.66. The third kappa shape index (κ3) is 3.41. The third-order valence-corrected chi connectivity index (χ3v) is 5.65. The maximum Gasteiger partial charge on any atom is 0.254 e. The molecule has 0 saturated heterocycles. The summed E-state index contributed by atoms with van der Waals surface area (Å²) in [5, 5.41) is 8.58. The summed E-state index contributed by atoms with van der Waals surface area (Å²) in [6.07, 6.45) is 0.890. The quantitative estimate of drug-likeness (QED) is 0.526. The summed E-state index contributed by atoms with van der Waals surface area (Å²) in [6, 6.07) is 21.9. The van der Waals surface area contributed by atoms with E-state index in [0.29, 0.717) is 18.7 Å². The van der Waals surface area contributed by atoms with Crippen molar-refractivity contribution < 1.29 is 9.53 Å². The minimum Gasteiger partial charge on any atom is -0.497 e. The molecule has 150 valence electrons. The Bertz CT molecular complexity index is 1230. The van der Waals surface area contributed by atoms with E-state index in [0.717, 1.165) is 35.3 Å². The normalized spacial score (nSPS) is 13.3. The second-order valence-corrected chi connectivity index (χ2v) is 7.55. The molecule has 30 heavy (non-hydrogen) atoms. The highest BCUT2D eigenvalue weighted by molar-refractivity contribution is 5.97. The van der Waals surface area contributed by atoms with E-state index in [1.807, 2.05) is 58.1 Å². The Kier molecular flexibility index (Phi) is 4.67. The van der Waals surface area contributed by atoms with Gasteiger partial charge in [-0.2, -0.15) is 0 Å². The first-order valence-corrected chi connectivity index (χ1v) is 10.0. The van der Waals surface area contributed by atoms with E-state index in [-0.39, 0.29) is 5.91 Å². The molecule has 0 aliphatic carbocycles. The maximum absolute atomic E-state index is 13.1. The topological polar surface area (TPSA) is 60.2 Å². The predicted molar refractivity (Wildman–Crippen MR) is 115 cm³/mol. The van der Waals surface area contributed by atoms with E-state index >= 15 is 0 Å². The van der Waals surface area contributed by atoms with Crippen LogP contribution in [0, 0.1) is 0 Å². The Morgan fingerprint density at radius 2 is 1.90 bits per heavy atom. The zero-order valence-corrected chi connectivity index (χ0v) is 16.8. The molecule has 1 aromatic heterocycles. The molecular weight excluding hydrogens is 376 g/mol. The molecule has 0 radical (unpaired) electrons. The third-order valence-electron chi connectivity index (χ3n) is 5.65. The number of aromatic nitrogens is 3. The Morgan fingerprint density at radius 1 is 1.03 bits per heavy atom. The molecule has 0 bridgehead atoms. The van der Waals surface area contributed by atoms with E-state index in [4.69, 9.17) is 4.74 Å². The standard InChI is InChI=1S/C24H22N4O2/c1-30-21-8-4-5-17(13-21)15-28-23-10-9-19(14-22(23)25-26-28)24(29)27-12-11-18-6-2-3-7-20(18)16-27/h2-10,13-14H,11-12,15-16H2,1H3. The number of rotatable bonds is 4. The number of methoxy groups -OCH3 is 1. The van der Waals surface area contributed by atoms with Gasteiger partial charge in [-0.1, -0.05) is 41.6 Å². The largest absolute Gasteiger partial charge is 0.497 e. The molecule has 0 N–H and O–H groups in total. The highest BCUT2D eigenvalue weighted by Gasteiger charge is 2.22. The molecule has 4 aromatic rings. The molecule has 0 unspecified atom stereocenters.